The van der Waals surface area contributed by atoms with Gasteiger partial charge in [-0.25, -0.2) is 29.9 Å². The fourth-order valence-corrected chi connectivity index (χ4v) is 6.59. The van der Waals surface area contributed by atoms with Crippen molar-refractivity contribution in [1.29, 1.82) is 0 Å². The van der Waals surface area contributed by atoms with Crippen LogP contribution < -0.4 is 0 Å². The molecule has 0 aliphatic carbocycles. The van der Waals surface area contributed by atoms with Gasteiger partial charge in [-0.15, -0.1) is 0 Å². The molecule has 0 saturated carbocycles. The number of nitrogens with one attached hydrogen (secondary N) is 2. The van der Waals surface area contributed by atoms with E-state index in [-0.39, 0.29) is 35.4 Å². The fraction of sp³-hybridized carbons (Fsp3) is 0. The second-order valence-electron chi connectivity index (χ2n) is 10.4. The van der Waals surface area contributed by atoms with E-state index < -0.39 is 10.1 Å². The zero-order valence-corrected chi connectivity index (χ0v) is 27.0. The van der Waals surface area contributed by atoms with Crippen LogP contribution in [0.2, 0.25) is 0 Å². The third kappa shape index (κ3) is 4.20. The number of hydrogen-bond donors (Lipinski definition) is 3. The molecule has 45 heavy (non-hydrogen) atoms. The summed E-state index contributed by atoms with van der Waals surface area (Å²) in [5.41, 5.74) is 4.68. The fourth-order valence-electron chi connectivity index (χ4n) is 5.87. The third-order valence-corrected chi connectivity index (χ3v) is 8.72. The minimum absolute atomic E-state index is 0. The van der Waals surface area contributed by atoms with Crippen LogP contribution >= 0.6 is 0 Å². The van der Waals surface area contributed by atoms with Crippen LogP contribution in [0.3, 0.4) is 0 Å². The van der Waals surface area contributed by atoms with Crippen LogP contribution in [0.1, 0.15) is 0 Å². The van der Waals surface area contributed by atoms with E-state index in [1.165, 1.54) is 6.07 Å². The van der Waals surface area contributed by atoms with Crippen molar-refractivity contribution in [3.8, 4) is 45.6 Å². The van der Waals surface area contributed by atoms with Gasteiger partial charge in [0.05, 0.1) is 0 Å². The summed E-state index contributed by atoms with van der Waals surface area (Å²) in [4.78, 5) is 35.4. The molecule has 8 bridgehead atoms. The Bertz CT molecular complexity index is 2660. The molecule has 210 valence electrons. The number of aromatic amines is 2. The Morgan fingerprint density at radius 2 is 0.844 bits per heavy atom. The van der Waals surface area contributed by atoms with Crippen LogP contribution in [0.15, 0.2) is 95.9 Å². The maximum atomic E-state index is 12.5. The first-order valence-electron chi connectivity index (χ1n) is 13.6. The molecule has 2 aliphatic heterocycles. The number of fused-ring (bicyclic) bond motifs is 20. The van der Waals surface area contributed by atoms with Crippen LogP contribution in [-0.4, -0.2) is 52.8 Å². The van der Waals surface area contributed by atoms with Gasteiger partial charge < -0.3 is 9.97 Å². The molecule has 3 aromatic heterocycles. The van der Waals surface area contributed by atoms with Gasteiger partial charge in [-0.05, 0) is 6.07 Å². The summed E-state index contributed by atoms with van der Waals surface area (Å²) in [6.45, 7) is 0. The molecule has 3 N–H and O–H groups in total. The molecule has 0 spiro atoms. The number of rotatable bonds is 1. The van der Waals surface area contributed by atoms with E-state index in [9.17, 15) is 13.0 Å². The van der Waals surface area contributed by atoms with Gasteiger partial charge in [0.2, 0.25) is 0 Å². The van der Waals surface area contributed by atoms with Gasteiger partial charge in [0.25, 0.3) is 10.1 Å². The molecule has 0 unspecified atom stereocenters. The molecular weight excluding hydrogens is 642 g/mol. The van der Waals surface area contributed by atoms with Crippen LogP contribution in [0.25, 0.3) is 89.7 Å². The van der Waals surface area contributed by atoms with Gasteiger partial charge >= 0.3 is 19.5 Å². The summed E-state index contributed by atoms with van der Waals surface area (Å²) in [6, 6.07) is 27.6. The van der Waals surface area contributed by atoms with Gasteiger partial charge in [-0.1, -0.05) is 84.9 Å². The summed E-state index contributed by atoms with van der Waals surface area (Å²) in [7, 11) is -4.62. The number of nitrogens with zero attached hydrogens (tertiary/aromatic N) is 6. The second kappa shape index (κ2) is 9.89. The van der Waals surface area contributed by atoms with Gasteiger partial charge in [0.15, 0.2) is 23.3 Å². The summed E-state index contributed by atoms with van der Waals surface area (Å²) in [6.07, 6.45) is 0. The molecule has 9 rings (SSSR count). The molecular formula is C32H18N8O3SZn+2. The Labute approximate surface area is 267 Å². The monoisotopic (exact) mass is 658 g/mol. The van der Waals surface area contributed by atoms with Crippen molar-refractivity contribution in [2.45, 2.75) is 4.90 Å². The average Bonchev–Trinajstić information content (AvgIpc) is 3.76. The predicted molar refractivity (Wildman–Crippen MR) is 166 cm³/mol. The van der Waals surface area contributed by atoms with Crippen molar-refractivity contribution in [2.75, 3.05) is 0 Å². The van der Waals surface area contributed by atoms with Gasteiger partial charge in [0, 0.05) is 43.8 Å². The molecule has 0 atom stereocenters. The smallest absolute Gasteiger partial charge is 0.324 e. The first kappa shape index (κ1) is 27.3. The Morgan fingerprint density at radius 3 is 1.31 bits per heavy atom. The Balaban J connectivity index is 0.00000300. The van der Waals surface area contributed by atoms with E-state index in [1.54, 1.807) is 12.1 Å². The quantitative estimate of drug-likeness (QED) is 0.139. The van der Waals surface area contributed by atoms with Crippen LogP contribution in [0, 0.1) is 0 Å². The Morgan fingerprint density at radius 1 is 0.467 bits per heavy atom. The van der Waals surface area contributed by atoms with E-state index in [0.717, 1.165) is 33.0 Å². The maximum absolute atomic E-state index is 12.5. The molecule has 4 aromatic carbocycles. The van der Waals surface area contributed by atoms with Crippen molar-refractivity contribution < 1.29 is 32.4 Å². The van der Waals surface area contributed by atoms with E-state index >= 15 is 0 Å². The molecule has 11 nitrogen and oxygen atoms in total. The Hall–Kier alpha value is -5.23. The third-order valence-electron chi connectivity index (χ3n) is 7.82. The minimum Gasteiger partial charge on any atom is -0.324 e. The molecule has 7 aromatic rings. The first-order chi connectivity index (χ1) is 21.4. The van der Waals surface area contributed by atoms with Gasteiger partial charge in [-0.3, -0.25) is 4.55 Å². The average molecular weight is 660 g/mol. The minimum atomic E-state index is -4.62. The molecule has 0 fully saturated rings. The Kier molecular flexibility index (Phi) is 6.01. The van der Waals surface area contributed by atoms with E-state index in [1.807, 2.05) is 72.8 Å². The summed E-state index contributed by atoms with van der Waals surface area (Å²) in [5.74, 6) is 1.60. The normalized spacial score (nSPS) is 12.1. The van der Waals surface area contributed by atoms with Crippen LogP contribution in [-0.2, 0) is 29.6 Å². The first-order valence-corrected chi connectivity index (χ1v) is 15.1. The molecule has 0 amide bonds. The molecule has 5 heterocycles. The summed E-state index contributed by atoms with van der Waals surface area (Å²) >= 11 is 0. The van der Waals surface area contributed by atoms with Crippen molar-refractivity contribution in [3.05, 3.63) is 91.0 Å². The number of benzene rings is 4. The van der Waals surface area contributed by atoms with Crippen LogP contribution in [0.5, 0.6) is 0 Å². The molecule has 0 radical (unpaired) electrons. The van der Waals surface area contributed by atoms with Gasteiger partial charge in [0.1, 0.15) is 27.5 Å². The van der Waals surface area contributed by atoms with E-state index in [2.05, 4.69) is 9.97 Å². The van der Waals surface area contributed by atoms with Crippen LogP contribution in [0.4, 0.5) is 0 Å². The standard InChI is InChI=1S/C32H18N8O3S.Zn/c41-44(42,43)23-15-7-14-22-24(23)32-39-30-21-13-6-5-12-20(21)28(37-30)35-26-17-9-2-1-8-16(17)25(33-26)34-27-18-10-3-4-11-19(18)29(36-27)38-31(22)40-32;/h1-15H,(H,41,42,43)(H2,33,34,35,36,37,38,39,40);/q;+2. The topological polar surface area (TPSA) is 163 Å². The van der Waals surface area contributed by atoms with Crippen molar-refractivity contribution >= 4 is 54.3 Å². The van der Waals surface area contributed by atoms with E-state index in [0.29, 0.717) is 45.6 Å². The summed E-state index contributed by atoms with van der Waals surface area (Å²) in [5, 5.41) is 2.36. The number of H-pyrrole nitrogens is 2. The van der Waals surface area contributed by atoms with Crippen molar-refractivity contribution in [1.82, 2.24) is 39.9 Å². The molecule has 2 aliphatic rings. The molecule has 0 saturated heterocycles. The maximum Gasteiger partial charge on any atom is 2.00 e. The van der Waals surface area contributed by atoms with E-state index in [4.69, 9.17) is 29.9 Å². The SMILES string of the molecule is O=S(=O)(O)c1cccc2c3nc4nc(nc5[nH]c(nc6nc(nc([nH]3)c12)-c1ccccc1-6)c1ccccc51)-c1ccccc1-4.[Zn+2]. The zero-order chi connectivity index (χ0) is 29.6. The van der Waals surface area contributed by atoms with Gasteiger partial charge in [-0.2, -0.15) is 8.42 Å². The van der Waals surface area contributed by atoms with Crippen molar-refractivity contribution in [3.63, 3.8) is 0 Å². The number of aromatic nitrogens is 8. The number of hydrogen-bond acceptors (Lipinski definition) is 8. The predicted octanol–water partition coefficient (Wildman–Crippen LogP) is 6.11. The molecule has 13 heteroatoms. The zero-order valence-electron chi connectivity index (χ0n) is 23.2. The summed E-state index contributed by atoms with van der Waals surface area (Å²) < 4.78 is 35.2. The largest absolute Gasteiger partial charge is 2.00 e. The van der Waals surface area contributed by atoms with Crippen molar-refractivity contribution in [2.24, 2.45) is 0 Å². The second-order valence-corrected chi connectivity index (χ2v) is 11.8.